The summed E-state index contributed by atoms with van der Waals surface area (Å²) in [5, 5.41) is 0. The summed E-state index contributed by atoms with van der Waals surface area (Å²) < 4.78 is 26.7. The summed E-state index contributed by atoms with van der Waals surface area (Å²) in [5.41, 5.74) is 3.54. The molecule has 27 heavy (non-hydrogen) atoms. The molecule has 0 N–H and O–H groups in total. The van der Waals surface area contributed by atoms with E-state index < -0.39 is 0 Å². The molecule has 0 bridgehead atoms. The van der Waals surface area contributed by atoms with Gasteiger partial charge in [0.25, 0.3) is 0 Å². The minimum Gasteiger partial charge on any atom is -0.354 e. The molecule has 2 heterocycles. The lowest BCUT2D eigenvalue weighted by Crippen LogP contribution is -2.44. The molecule has 138 valence electrons. The number of aromatic nitrogens is 1. The summed E-state index contributed by atoms with van der Waals surface area (Å²) in [6, 6.07) is 16.8. The first-order chi connectivity index (χ1) is 13.1. The van der Waals surface area contributed by atoms with Crippen LogP contribution >= 0.6 is 0 Å². The van der Waals surface area contributed by atoms with E-state index in [9.17, 15) is 8.78 Å². The Bertz CT molecular complexity index is 852. The lowest BCUT2D eigenvalue weighted by molar-refractivity contribution is 0.312. The Morgan fingerprint density at radius 1 is 0.704 bits per heavy atom. The minimum absolute atomic E-state index is 0.258. The first kappa shape index (κ1) is 17.6. The third-order valence-electron chi connectivity index (χ3n) is 4.96. The third-order valence-corrected chi connectivity index (χ3v) is 4.96. The molecule has 0 spiro atoms. The van der Waals surface area contributed by atoms with Crippen molar-refractivity contribution in [3.05, 3.63) is 72.3 Å². The van der Waals surface area contributed by atoms with Crippen LogP contribution in [0.1, 0.15) is 0 Å². The molecule has 0 amide bonds. The fourth-order valence-corrected chi connectivity index (χ4v) is 3.29. The van der Waals surface area contributed by atoms with E-state index in [4.69, 9.17) is 4.98 Å². The van der Waals surface area contributed by atoms with Gasteiger partial charge < -0.3 is 9.80 Å². The topological polar surface area (TPSA) is 19.4 Å². The summed E-state index contributed by atoms with van der Waals surface area (Å²) in [7, 11) is 2.11. The Kier molecular flexibility index (Phi) is 4.86. The van der Waals surface area contributed by atoms with Crippen molar-refractivity contribution in [1.82, 2.24) is 9.88 Å². The molecule has 0 radical (unpaired) electrons. The molecule has 0 atom stereocenters. The second-order valence-corrected chi connectivity index (χ2v) is 6.90. The quantitative estimate of drug-likeness (QED) is 0.684. The fourth-order valence-electron chi connectivity index (χ4n) is 3.29. The van der Waals surface area contributed by atoms with Crippen molar-refractivity contribution in [2.45, 2.75) is 0 Å². The van der Waals surface area contributed by atoms with E-state index in [0.29, 0.717) is 0 Å². The highest BCUT2D eigenvalue weighted by Gasteiger charge is 2.17. The normalized spacial score (nSPS) is 15.1. The van der Waals surface area contributed by atoms with Gasteiger partial charge in [0.15, 0.2) is 0 Å². The van der Waals surface area contributed by atoms with E-state index in [1.807, 2.05) is 12.1 Å². The maximum Gasteiger partial charge on any atom is 0.129 e. The molecule has 1 fully saturated rings. The zero-order valence-corrected chi connectivity index (χ0v) is 15.2. The SMILES string of the molecule is CN1CCN(c2cc(-c3ccc(F)cc3)cc(-c3ccc(F)cc3)n2)CC1. The van der Waals surface area contributed by atoms with Crippen LogP contribution in [0.4, 0.5) is 14.6 Å². The van der Waals surface area contributed by atoms with Gasteiger partial charge >= 0.3 is 0 Å². The average molecular weight is 365 g/mol. The Balaban J connectivity index is 1.78. The van der Waals surface area contributed by atoms with Crippen LogP contribution in [0.3, 0.4) is 0 Å². The molecule has 3 nitrogen and oxygen atoms in total. The molecule has 1 aliphatic rings. The molecule has 3 aromatic rings. The molecular formula is C22H21F2N3. The van der Waals surface area contributed by atoms with Gasteiger partial charge in [0.2, 0.25) is 0 Å². The third kappa shape index (κ3) is 3.98. The lowest BCUT2D eigenvalue weighted by Gasteiger charge is -2.33. The molecular weight excluding hydrogens is 344 g/mol. The van der Waals surface area contributed by atoms with Gasteiger partial charge in [-0.15, -0.1) is 0 Å². The highest BCUT2D eigenvalue weighted by Crippen LogP contribution is 2.30. The van der Waals surface area contributed by atoms with Crippen LogP contribution in [0.5, 0.6) is 0 Å². The first-order valence-electron chi connectivity index (χ1n) is 9.06. The molecule has 0 saturated carbocycles. The predicted molar refractivity (Wildman–Crippen MR) is 105 cm³/mol. The number of benzene rings is 2. The number of nitrogens with zero attached hydrogens (tertiary/aromatic N) is 3. The Labute approximate surface area is 157 Å². The Hall–Kier alpha value is -2.79. The zero-order chi connectivity index (χ0) is 18.8. The summed E-state index contributed by atoms with van der Waals surface area (Å²) in [4.78, 5) is 9.39. The van der Waals surface area contributed by atoms with Gasteiger partial charge in [0, 0.05) is 31.7 Å². The fraction of sp³-hybridized carbons (Fsp3) is 0.227. The molecule has 1 saturated heterocycles. The van der Waals surface area contributed by atoms with Crippen LogP contribution in [0.2, 0.25) is 0 Å². The van der Waals surface area contributed by atoms with Gasteiger partial charge in [0.1, 0.15) is 17.5 Å². The second kappa shape index (κ2) is 7.45. The molecule has 0 aliphatic carbocycles. The van der Waals surface area contributed by atoms with Crippen molar-refractivity contribution in [2.75, 3.05) is 38.1 Å². The van der Waals surface area contributed by atoms with Gasteiger partial charge in [-0.3, -0.25) is 0 Å². The van der Waals surface area contributed by atoms with E-state index >= 15 is 0 Å². The summed E-state index contributed by atoms with van der Waals surface area (Å²) >= 11 is 0. The monoisotopic (exact) mass is 365 g/mol. The van der Waals surface area contributed by atoms with E-state index in [1.54, 1.807) is 24.3 Å². The zero-order valence-electron chi connectivity index (χ0n) is 15.2. The van der Waals surface area contributed by atoms with Crippen molar-refractivity contribution in [1.29, 1.82) is 0 Å². The van der Waals surface area contributed by atoms with Crippen LogP contribution in [-0.2, 0) is 0 Å². The summed E-state index contributed by atoms with van der Waals surface area (Å²) in [5.74, 6) is 0.364. The largest absolute Gasteiger partial charge is 0.354 e. The molecule has 4 rings (SSSR count). The van der Waals surface area contributed by atoms with E-state index in [-0.39, 0.29) is 11.6 Å². The number of rotatable bonds is 3. The number of piperazine rings is 1. The van der Waals surface area contributed by atoms with Crippen LogP contribution in [0, 0.1) is 11.6 Å². The molecule has 0 unspecified atom stereocenters. The van der Waals surface area contributed by atoms with Gasteiger partial charge in [-0.1, -0.05) is 12.1 Å². The number of likely N-dealkylation sites (N-methyl/N-ethyl adjacent to an activating group) is 1. The number of anilines is 1. The number of pyridine rings is 1. The average Bonchev–Trinajstić information content (AvgIpc) is 2.69. The minimum atomic E-state index is -0.271. The molecule has 5 heteroatoms. The van der Waals surface area contributed by atoms with Gasteiger partial charge in [-0.2, -0.15) is 0 Å². The van der Waals surface area contributed by atoms with Gasteiger partial charge in [-0.25, -0.2) is 13.8 Å². The lowest BCUT2D eigenvalue weighted by atomic mass is 10.0. The second-order valence-electron chi connectivity index (χ2n) is 6.90. The van der Waals surface area contributed by atoms with Crippen LogP contribution < -0.4 is 4.90 Å². The van der Waals surface area contributed by atoms with Crippen LogP contribution in [0.25, 0.3) is 22.4 Å². The van der Waals surface area contributed by atoms with Crippen molar-refractivity contribution in [3.63, 3.8) is 0 Å². The predicted octanol–water partition coefficient (Wildman–Crippen LogP) is 4.45. The van der Waals surface area contributed by atoms with E-state index in [2.05, 4.69) is 16.8 Å². The Morgan fingerprint density at radius 2 is 1.26 bits per heavy atom. The molecule has 1 aromatic heterocycles. The van der Waals surface area contributed by atoms with Crippen molar-refractivity contribution in [3.8, 4) is 22.4 Å². The number of hydrogen-bond donors (Lipinski definition) is 0. The smallest absolute Gasteiger partial charge is 0.129 e. The highest BCUT2D eigenvalue weighted by atomic mass is 19.1. The molecule has 2 aromatic carbocycles. The number of halogens is 2. The highest BCUT2D eigenvalue weighted by molar-refractivity contribution is 5.74. The standard InChI is InChI=1S/C22H21F2N3/c1-26-10-12-27(13-11-26)22-15-18(16-2-6-19(23)7-3-16)14-21(25-22)17-4-8-20(24)9-5-17/h2-9,14-15H,10-13H2,1H3. The summed E-state index contributed by atoms with van der Waals surface area (Å²) in [6.45, 7) is 3.77. The summed E-state index contributed by atoms with van der Waals surface area (Å²) in [6.07, 6.45) is 0. The maximum atomic E-state index is 13.3. The van der Waals surface area contributed by atoms with E-state index in [1.165, 1.54) is 24.3 Å². The Morgan fingerprint density at radius 3 is 1.85 bits per heavy atom. The number of hydrogen-bond acceptors (Lipinski definition) is 3. The first-order valence-corrected chi connectivity index (χ1v) is 9.06. The van der Waals surface area contributed by atoms with Crippen molar-refractivity contribution >= 4 is 5.82 Å². The van der Waals surface area contributed by atoms with Crippen molar-refractivity contribution in [2.24, 2.45) is 0 Å². The van der Waals surface area contributed by atoms with Crippen LogP contribution in [0.15, 0.2) is 60.7 Å². The van der Waals surface area contributed by atoms with Gasteiger partial charge in [0.05, 0.1) is 5.69 Å². The van der Waals surface area contributed by atoms with Crippen molar-refractivity contribution < 1.29 is 8.78 Å². The molecule has 1 aliphatic heterocycles. The van der Waals surface area contributed by atoms with Crippen LogP contribution in [-0.4, -0.2) is 43.1 Å². The maximum absolute atomic E-state index is 13.3. The van der Waals surface area contributed by atoms with E-state index in [0.717, 1.165) is 54.4 Å². The van der Waals surface area contributed by atoms with Gasteiger partial charge in [-0.05, 0) is 66.7 Å².